The number of thioether (sulfide) groups is 1. The van der Waals surface area contributed by atoms with E-state index >= 15 is 0 Å². The van der Waals surface area contributed by atoms with Gasteiger partial charge in [-0.3, -0.25) is 14.2 Å². The summed E-state index contributed by atoms with van der Waals surface area (Å²) >= 11 is 1.48. The van der Waals surface area contributed by atoms with Gasteiger partial charge in [0.25, 0.3) is 5.56 Å². The average molecular weight is 400 g/mol. The number of aryl methyl sites for hydroxylation is 1. The molecule has 0 fully saturated rings. The van der Waals surface area contributed by atoms with Crippen molar-refractivity contribution in [3.8, 4) is 0 Å². The van der Waals surface area contributed by atoms with Gasteiger partial charge in [-0.05, 0) is 30.5 Å². The Morgan fingerprint density at radius 1 is 1.29 bits per heavy atom. The third kappa shape index (κ3) is 4.85. The molecule has 0 saturated heterocycles. The maximum atomic E-state index is 12.7. The van der Waals surface area contributed by atoms with Crippen molar-refractivity contribution in [2.75, 3.05) is 11.1 Å². The minimum Gasteiger partial charge on any atom is -0.326 e. The normalized spacial score (nSPS) is 16.5. The molecular formula is C22H29N3O2S. The molecule has 1 N–H and O–H groups in total. The molecule has 0 radical (unpaired) electrons. The van der Waals surface area contributed by atoms with Crippen molar-refractivity contribution in [2.24, 2.45) is 5.92 Å². The summed E-state index contributed by atoms with van der Waals surface area (Å²) in [5, 5.41) is 3.70. The van der Waals surface area contributed by atoms with Crippen LogP contribution in [0.5, 0.6) is 0 Å². The van der Waals surface area contributed by atoms with Gasteiger partial charge in [-0.25, -0.2) is 4.98 Å². The van der Waals surface area contributed by atoms with E-state index in [0.717, 1.165) is 17.8 Å². The summed E-state index contributed by atoms with van der Waals surface area (Å²) in [7, 11) is 0. The number of amides is 1. The van der Waals surface area contributed by atoms with E-state index in [9.17, 15) is 9.59 Å². The lowest BCUT2D eigenvalue weighted by Gasteiger charge is -2.26. The molecule has 1 aliphatic heterocycles. The predicted molar refractivity (Wildman–Crippen MR) is 115 cm³/mol. The number of nitrogens with one attached hydrogen (secondary N) is 1. The fourth-order valence-electron chi connectivity index (χ4n) is 3.13. The predicted octanol–water partition coefficient (Wildman–Crippen LogP) is 4.24. The molecule has 1 aliphatic rings. The molecule has 1 amide bonds. The summed E-state index contributed by atoms with van der Waals surface area (Å²) in [5.74, 6) is 0.323. The first-order valence-electron chi connectivity index (χ1n) is 9.93. The third-order valence-corrected chi connectivity index (χ3v) is 6.11. The van der Waals surface area contributed by atoms with Crippen LogP contribution >= 0.6 is 11.8 Å². The fraction of sp³-hybridized carbons (Fsp3) is 0.500. The van der Waals surface area contributed by atoms with Crippen LogP contribution in [-0.4, -0.2) is 21.2 Å². The summed E-state index contributed by atoms with van der Waals surface area (Å²) in [5.41, 5.74) is 2.62. The van der Waals surface area contributed by atoms with E-state index in [1.54, 1.807) is 10.6 Å². The lowest BCUT2D eigenvalue weighted by atomic mass is 9.92. The van der Waals surface area contributed by atoms with Crippen molar-refractivity contribution in [1.29, 1.82) is 0 Å². The van der Waals surface area contributed by atoms with Gasteiger partial charge in [-0.15, -0.1) is 0 Å². The molecule has 0 spiro atoms. The second kappa shape index (κ2) is 8.52. The number of anilines is 1. The lowest BCUT2D eigenvalue weighted by Crippen LogP contribution is -2.37. The summed E-state index contributed by atoms with van der Waals surface area (Å²) in [6.45, 7) is 8.69. The van der Waals surface area contributed by atoms with Crippen LogP contribution in [0.1, 0.15) is 51.8 Å². The highest BCUT2D eigenvalue weighted by Gasteiger charge is 2.28. The van der Waals surface area contributed by atoms with Crippen molar-refractivity contribution in [2.45, 2.75) is 64.1 Å². The topological polar surface area (TPSA) is 64.0 Å². The molecule has 1 atom stereocenters. The van der Waals surface area contributed by atoms with Crippen molar-refractivity contribution < 1.29 is 4.79 Å². The minimum atomic E-state index is -0.253. The molecule has 5 nitrogen and oxygen atoms in total. The molecule has 28 heavy (non-hydrogen) atoms. The second-order valence-electron chi connectivity index (χ2n) is 8.42. The van der Waals surface area contributed by atoms with Crippen LogP contribution in [0.15, 0.2) is 40.3 Å². The summed E-state index contributed by atoms with van der Waals surface area (Å²) < 4.78 is 1.63. The van der Waals surface area contributed by atoms with Gasteiger partial charge in [-0.1, -0.05) is 58.0 Å². The molecule has 1 aromatic carbocycles. The smallest absolute Gasteiger partial charge is 0.254 e. The summed E-state index contributed by atoms with van der Waals surface area (Å²) in [6.07, 6.45) is 3.40. The van der Waals surface area contributed by atoms with Gasteiger partial charge >= 0.3 is 0 Å². The molecule has 1 aromatic heterocycles. The molecule has 3 rings (SSSR count). The Balaban J connectivity index is 1.68. The number of fused-ring (bicyclic) bond motifs is 1. The van der Waals surface area contributed by atoms with Gasteiger partial charge in [0.2, 0.25) is 5.91 Å². The maximum Gasteiger partial charge on any atom is 0.254 e. The minimum absolute atomic E-state index is 0.0498. The molecule has 2 heterocycles. The number of benzene rings is 1. The zero-order valence-electron chi connectivity index (χ0n) is 17.1. The van der Waals surface area contributed by atoms with Crippen LogP contribution in [0, 0.1) is 5.92 Å². The van der Waals surface area contributed by atoms with Crippen LogP contribution in [-0.2, 0) is 23.2 Å². The monoisotopic (exact) mass is 399 g/mol. The highest BCUT2D eigenvalue weighted by Crippen LogP contribution is 2.28. The Labute approximate surface area is 171 Å². The number of carbonyl (C=O) groups excluding carboxylic acids is 1. The Kier molecular flexibility index (Phi) is 6.28. The lowest BCUT2D eigenvalue weighted by molar-refractivity contribution is -0.119. The van der Waals surface area contributed by atoms with Gasteiger partial charge < -0.3 is 5.32 Å². The van der Waals surface area contributed by atoms with Crippen molar-refractivity contribution >= 4 is 23.4 Å². The van der Waals surface area contributed by atoms with Crippen molar-refractivity contribution in [1.82, 2.24) is 9.55 Å². The Bertz CT molecular complexity index is 897. The molecule has 0 aliphatic carbocycles. The molecule has 0 bridgehead atoms. The second-order valence-corrected chi connectivity index (χ2v) is 9.41. The van der Waals surface area contributed by atoms with Crippen LogP contribution < -0.4 is 10.9 Å². The first kappa shape index (κ1) is 20.6. The molecule has 150 valence electrons. The molecule has 0 saturated carbocycles. The van der Waals surface area contributed by atoms with E-state index < -0.39 is 0 Å². The standard InChI is InChI=1S/C22H29N3O2S/c1-5-6-7-15-8-10-17(11-9-15)23-20(27)16-13-25-19(26)12-18(22(2,3)4)24-21(25)28-14-16/h8-12,16H,5-7,13-14H2,1-4H3,(H,23,27). The first-order valence-corrected chi connectivity index (χ1v) is 10.9. The van der Waals surface area contributed by atoms with E-state index in [4.69, 9.17) is 0 Å². The van der Waals surface area contributed by atoms with E-state index in [2.05, 4.69) is 29.4 Å². The number of hydrogen-bond donors (Lipinski definition) is 1. The number of carbonyl (C=O) groups is 1. The third-order valence-electron chi connectivity index (χ3n) is 4.97. The van der Waals surface area contributed by atoms with Gasteiger partial charge in [0, 0.05) is 29.5 Å². The molecule has 6 heteroatoms. The van der Waals surface area contributed by atoms with Crippen LogP contribution in [0.25, 0.3) is 0 Å². The maximum absolute atomic E-state index is 12.7. The van der Waals surface area contributed by atoms with E-state index in [-0.39, 0.29) is 22.8 Å². The van der Waals surface area contributed by atoms with Gasteiger partial charge in [0.1, 0.15) is 0 Å². The van der Waals surface area contributed by atoms with Crippen molar-refractivity contribution in [3.63, 3.8) is 0 Å². The van der Waals surface area contributed by atoms with Gasteiger partial charge in [-0.2, -0.15) is 0 Å². The number of rotatable bonds is 5. The van der Waals surface area contributed by atoms with Crippen molar-refractivity contribution in [3.05, 3.63) is 51.9 Å². The Morgan fingerprint density at radius 3 is 2.64 bits per heavy atom. The average Bonchev–Trinajstić information content (AvgIpc) is 2.66. The molecule has 1 unspecified atom stereocenters. The SMILES string of the molecule is CCCCc1ccc(NC(=O)C2CSc3nc(C(C)(C)C)cc(=O)n3C2)cc1. The van der Waals surface area contributed by atoms with E-state index in [0.29, 0.717) is 17.5 Å². The van der Waals surface area contributed by atoms with Gasteiger partial charge in [0.05, 0.1) is 11.6 Å². The molecular weight excluding hydrogens is 370 g/mol. The largest absolute Gasteiger partial charge is 0.326 e. The van der Waals surface area contributed by atoms with E-state index in [1.165, 1.54) is 30.2 Å². The van der Waals surface area contributed by atoms with Crippen LogP contribution in [0.2, 0.25) is 0 Å². The quantitative estimate of drug-likeness (QED) is 0.764. The summed E-state index contributed by atoms with van der Waals surface area (Å²) in [6, 6.07) is 9.64. The Hall–Kier alpha value is -2.08. The number of hydrogen-bond acceptors (Lipinski definition) is 4. The van der Waals surface area contributed by atoms with E-state index in [1.807, 2.05) is 32.9 Å². The first-order chi connectivity index (χ1) is 13.3. The molecule has 2 aromatic rings. The zero-order chi connectivity index (χ0) is 20.3. The highest BCUT2D eigenvalue weighted by atomic mass is 32.2. The number of nitrogens with zero attached hydrogens (tertiary/aromatic N) is 2. The fourth-order valence-corrected chi connectivity index (χ4v) is 4.22. The van der Waals surface area contributed by atoms with Crippen LogP contribution in [0.3, 0.4) is 0 Å². The highest BCUT2D eigenvalue weighted by molar-refractivity contribution is 7.99. The number of unbranched alkanes of at least 4 members (excludes halogenated alkanes) is 1. The van der Waals surface area contributed by atoms with Gasteiger partial charge in [0.15, 0.2) is 5.16 Å². The Morgan fingerprint density at radius 2 is 2.00 bits per heavy atom. The number of aromatic nitrogens is 2. The zero-order valence-corrected chi connectivity index (χ0v) is 17.9. The van der Waals surface area contributed by atoms with Crippen LogP contribution in [0.4, 0.5) is 5.69 Å². The summed E-state index contributed by atoms with van der Waals surface area (Å²) in [4.78, 5) is 29.9.